The number of nitrogens with zero attached hydrogens (tertiary/aromatic N) is 1. The molecule has 7 heteroatoms. The first-order valence-corrected chi connectivity index (χ1v) is 14.0. The van der Waals surface area contributed by atoms with Gasteiger partial charge in [0.1, 0.15) is 0 Å². The first-order chi connectivity index (χ1) is 6.79. The molecule has 0 aliphatic rings. The molecule has 0 bridgehead atoms. The number of carboxylic acid groups (broad SMARTS) is 1. The molecule has 0 spiro atoms. The summed E-state index contributed by atoms with van der Waals surface area (Å²) >= 11 is -2.70. The zero-order valence-corrected chi connectivity index (χ0v) is 11.5. The Bertz CT molecular complexity index is 392. The Hall–Kier alpha value is -1.05. The van der Waals surface area contributed by atoms with Gasteiger partial charge in [-0.2, -0.15) is 0 Å². The number of hydrogen-bond donors (Lipinski definition) is 1. The second-order valence-electron chi connectivity index (χ2n) is 3.90. The van der Waals surface area contributed by atoms with Crippen LogP contribution in [0, 0.1) is 4.91 Å². The van der Waals surface area contributed by atoms with E-state index in [0.29, 0.717) is 0 Å². The summed E-state index contributed by atoms with van der Waals surface area (Å²) in [5, 5.41) is 8.57. The van der Waals surface area contributed by atoms with E-state index >= 15 is 0 Å². The van der Waals surface area contributed by atoms with Crippen molar-refractivity contribution in [1.29, 1.82) is 0 Å². The Kier molecular flexibility index (Phi) is 3.38. The predicted molar refractivity (Wildman–Crippen MR) is 53.4 cm³/mol. The molecule has 0 amide bonds. The van der Waals surface area contributed by atoms with Gasteiger partial charge in [-0.25, -0.2) is 0 Å². The number of furan rings is 1. The van der Waals surface area contributed by atoms with Crippen molar-refractivity contribution in [3.05, 3.63) is 22.8 Å². The number of hydrogen-bond acceptors (Lipinski definition) is 4. The third-order valence-corrected chi connectivity index (χ3v) is 3.38. The minimum absolute atomic E-state index is 0.140. The molecule has 1 aromatic rings. The van der Waals surface area contributed by atoms with E-state index in [1.165, 1.54) is 12.1 Å². The van der Waals surface area contributed by atoms with Crippen LogP contribution in [0.4, 0.5) is 5.88 Å². The zero-order valence-electron chi connectivity index (χ0n) is 8.68. The summed E-state index contributed by atoms with van der Waals surface area (Å²) in [5.74, 6) is -1.63. The molecule has 6 nitrogen and oxygen atoms in total. The minimum atomic E-state index is -2.70. The van der Waals surface area contributed by atoms with Crippen LogP contribution in [0.3, 0.4) is 0 Å². The van der Waals surface area contributed by atoms with Gasteiger partial charge < -0.3 is 0 Å². The van der Waals surface area contributed by atoms with Crippen LogP contribution in [0.5, 0.6) is 0 Å². The standard InChI is InChI=1S/C5H3NO5.3CH3.Sn/c7-5(8)3-1-2-4(11-3)6(9)10;;;;/h1-2H,(H,7,8);3*1H3;/q;;;;+1. The fourth-order valence-electron chi connectivity index (χ4n) is 0.834. The van der Waals surface area contributed by atoms with E-state index in [1.807, 2.05) is 14.8 Å². The van der Waals surface area contributed by atoms with Crippen molar-refractivity contribution in [3.63, 3.8) is 0 Å². The normalized spacial score (nSPS) is 11.1. The molecular formula is C8H12NO5Sn+. The molecule has 82 valence electrons. The van der Waals surface area contributed by atoms with E-state index < -0.39 is 24.8 Å². The molecule has 0 radical (unpaired) electrons. The molecule has 0 fully saturated rings. The van der Waals surface area contributed by atoms with Crippen molar-refractivity contribution in [2.45, 2.75) is 14.8 Å². The summed E-state index contributed by atoms with van der Waals surface area (Å²) in [5.41, 5.74) is 0. The summed E-state index contributed by atoms with van der Waals surface area (Å²) in [6, 6.07) is 2.48. The molecule has 0 atom stereocenters. The van der Waals surface area contributed by atoms with Gasteiger partial charge >= 0.3 is 90.7 Å². The van der Waals surface area contributed by atoms with Gasteiger partial charge in [-0.1, -0.05) is 0 Å². The zero-order chi connectivity index (χ0) is 11.6. The van der Waals surface area contributed by atoms with Gasteiger partial charge in [-0.3, -0.25) is 0 Å². The fraction of sp³-hybridized carbons (Fsp3) is 0.375. The van der Waals surface area contributed by atoms with Crippen molar-refractivity contribution in [2.75, 3.05) is 0 Å². The van der Waals surface area contributed by atoms with Crippen molar-refractivity contribution < 1.29 is 22.4 Å². The van der Waals surface area contributed by atoms with E-state index in [0.717, 1.165) is 0 Å². The molecule has 0 aliphatic carbocycles. The Morgan fingerprint density at radius 1 is 1.47 bits per heavy atom. The van der Waals surface area contributed by atoms with E-state index in [4.69, 9.17) is 12.7 Å². The van der Waals surface area contributed by atoms with Gasteiger partial charge in [-0.15, -0.1) is 0 Å². The van der Waals surface area contributed by atoms with Gasteiger partial charge in [0.2, 0.25) is 0 Å². The Balaban J connectivity index is 2.79. The summed E-state index contributed by atoms with van der Waals surface area (Å²) in [7, 11) is 0. The second kappa shape index (κ2) is 4.21. The monoisotopic (exact) mass is 322 g/mol. The van der Waals surface area contributed by atoms with E-state index in [1.54, 1.807) is 0 Å². The summed E-state index contributed by atoms with van der Waals surface area (Å²) < 4.78 is 9.89. The Morgan fingerprint density at radius 2 is 2.07 bits per heavy atom. The van der Waals surface area contributed by atoms with Crippen LogP contribution in [0.25, 0.3) is 0 Å². The number of carbonyl (C=O) groups is 1. The molecule has 0 aliphatic heterocycles. The van der Waals surface area contributed by atoms with Crippen molar-refractivity contribution in [3.8, 4) is 0 Å². The molecule has 1 heterocycles. The van der Waals surface area contributed by atoms with E-state index in [9.17, 15) is 9.70 Å². The fourth-order valence-corrected chi connectivity index (χ4v) is 2.51. The molecule has 1 aromatic heterocycles. The summed E-state index contributed by atoms with van der Waals surface area (Å²) in [6.45, 7) is 0. The quantitative estimate of drug-likeness (QED) is 0.679. The van der Waals surface area contributed by atoms with Crippen LogP contribution in [0.15, 0.2) is 16.5 Å². The molecule has 0 aromatic carbocycles. The molecule has 0 unspecified atom stereocenters. The van der Waals surface area contributed by atoms with Crippen LogP contribution in [-0.4, -0.2) is 34.8 Å². The Morgan fingerprint density at radius 3 is 2.47 bits per heavy atom. The van der Waals surface area contributed by atoms with Crippen molar-refractivity contribution in [2.24, 2.45) is 0 Å². The summed E-state index contributed by atoms with van der Waals surface area (Å²) in [6.07, 6.45) is 0. The van der Waals surface area contributed by atoms with Gasteiger partial charge in [-0.05, 0) is 0 Å². The third-order valence-electron chi connectivity index (χ3n) is 1.34. The molecule has 1 rings (SSSR count). The molecular weight excluding hydrogens is 309 g/mol. The first kappa shape index (κ1) is 12.0. The van der Waals surface area contributed by atoms with Crippen LogP contribution in [0.2, 0.25) is 14.8 Å². The van der Waals surface area contributed by atoms with Crippen LogP contribution >= 0.6 is 0 Å². The molecule has 15 heavy (non-hydrogen) atoms. The molecule has 0 saturated heterocycles. The van der Waals surface area contributed by atoms with Gasteiger partial charge in [0.25, 0.3) is 0 Å². The number of aromatic carboxylic acids is 1. The van der Waals surface area contributed by atoms with Crippen LogP contribution < -0.4 is 0 Å². The average molecular weight is 321 g/mol. The summed E-state index contributed by atoms with van der Waals surface area (Å²) in [4.78, 5) is 27.8. The maximum atomic E-state index is 11.4. The average Bonchev–Trinajstić information content (AvgIpc) is 2.47. The molecule has 0 saturated carbocycles. The third kappa shape index (κ3) is 3.54. The Labute approximate surface area is 90.8 Å². The van der Waals surface area contributed by atoms with Crippen molar-refractivity contribution in [1.82, 2.24) is 0 Å². The van der Waals surface area contributed by atoms with Crippen LogP contribution in [-0.2, 0) is 3.17 Å². The van der Waals surface area contributed by atoms with E-state index in [2.05, 4.69) is 0 Å². The second-order valence-corrected chi connectivity index (χ2v) is 16.5. The molecule has 1 N–H and O–H groups in total. The van der Waals surface area contributed by atoms with Crippen LogP contribution in [0.1, 0.15) is 10.6 Å². The number of rotatable bonds is 4. The first-order valence-electron chi connectivity index (χ1n) is 4.29. The number of carboxylic acids is 1. The van der Waals surface area contributed by atoms with Gasteiger partial charge in [0, 0.05) is 0 Å². The predicted octanol–water partition coefficient (Wildman–Crippen LogP) is 2.15. The van der Waals surface area contributed by atoms with Gasteiger partial charge in [0.15, 0.2) is 0 Å². The van der Waals surface area contributed by atoms with E-state index in [-0.39, 0.29) is 16.6 Å². The van der Waals surface area contributed by atoms with Crippen molar-refractivity contribution >= 4 is 30.6 Å². The SMILES string of the molecule is [CH3][Sn]([CH3])([CH3])[O][N+](=O)c1ccc(C(=O)O)o1. The maximum absolute atomic E-state index is 11.4. The topological polar surface area (TPSA) is 79.8 Å². The van der Waals surface area contributed by atoms with Gasteiger partial charge in [0.05, 0.1) is 0 Å².